The Balaban J connectivity index is 1.81. The zero-order chi connectivity index (χ0) is 11.4. The third-order valence-electron chi connectivity index (χ3n) is 4.06. The highest BCUT2D eigenvalue weighted by Crippen LogP contribution is 2.26. The van der Waals surface area contributed by atoms with E-state index in [2.05, 4.69) is 11.8 Å². The lowest BCUT2D eigenvalue weighted by Gasteiger charge is -2.40. The first-order valence-corrected chi connectivity index (χ1v) is 6.76. The highest BCUT2D eigenvalue weighted by Gasteiger charge is 2.27. The van der Waals surface area contributed by atoms with Gasteiger partial charge < -0.3 is 9.84 Å². The van der Waals surface area contributed by atoms with E-state index in [9.17, 15) is 0 Å². The Morgan fingerprint density at radius 2 is 2.00 bits per heavy atom. The van der Waals surface area contributed by atoms with Crippen molar-refractivity contribution in [1.29, 1.82) is 0 Å². The summed E-state index contributed by atoms with van der Waals surface area (Å²) in [6, 6.07) is 0.518. The van der Waals surface area contributed by atoms with Crippen LogP contribution in [0.1, 0.15) is 39.0 Å². The third kappa shape index (κ3) is 3.19. The van der Waals surface area contributed by atoms with E-state index in [1.165, 1.54) is 38.6 Å². The van der Waals surface area contributed by atoms with Crippen LogP contribution in [0, 0.1) is 5.92 Å². The van der Waals surface area contributed by atoms with Crippen LogP contribution in [0.3, 0.4) is 0 Å². The van der Waals surface area contributed by atoms with Gasteiger partial charge in [0.1, 0.15) is 0 Å². The molecule has 1 aliphatic heterocycles. The average molecular weight is 227 g/mol. The fourth-order valence-electron chi connectivity index (χ4n) is 2.94. The van der Waals surface area contributed by atoms with Gasteiger partial charge in [0.15, 0.2) is 0 Å². The second kappa shape index (κ2) is 5.99. The molecule has 16 heavy (non-hydrogen) atoms. The minimum atomic E-state index is 0.0415. The fraction of sp³-hybridized carbons (Fsp3) is 1.00. The number of hydrogen-bond donors (Lipinski definition) is 1. The van der Waals surface area contributed by atoms with E-state index < -0.39 is 0 Å². The summed E-state index contributed by atoms with van der Waals surface area (Å²) in [6.45, 7) is 5.29. The molecule has 1 saturated heterocycles. The normalized spacial score (nSPS) is 34.1. The van der Waals surface area contributed by atoms with Gasteiger partial charge in [-0.25, -0.2) is 0 Å². The Morgan fingerprint density at radius 3 is 2.69 bits per heavy atom. The van der Waals surface area contributed by atoms with Crippen LogP contribution < -0.4 is 0 Å². The molecule has 0 aromatic rings. The molecule has 1 aliphatic carbocycles. The van der Waals surface area contributed by atoms with Crippen molar-refractivity contribution in [2.75, 3.05) is 26.3 Å². The van der Waals surface area contributed by atoms with E-state index in [1.54, 1.807) is 0 Å². The van der Waals surface area contributed by atoms with E-state index in [4.69, 9.17) is 9.84 Å². The summed E-state index contributed by atoms with van der Waals surface area (Å²) in [5, 5.41) is 9.15. The van der Waals surface area contributed by atoms with Crippen LogP contribution in [-0.4, -0.2) is 48.5 Å². The topological polar surface area (TPSA) is 32.7 Å². The van der Waals surface area contributed by atoms with Crippen LogP contribution >= 0.6 is 0 Å². The molecule has 1 heterocycles. The molecule has 2 fully saturated rings. The quantitative estimate of drug-likeness (QED) is 0.795. The molecule has 3 nitrogen and oxygen atoms in total. The number of aliphatic hydroxyl groups excluding tert-OH is 1. The molecule has 0 aromatic carbocycles. The summed E-state index contributed by atoms with van der Waals surface area (Å²) in [4.78, 5) is 2.51. The van der Waals surface area contributed by atoms with Gasteiger partial charge in [0.05, 0.1) is 19.3 Å². The van der Waals surface area contributed by atoms with Crippen LogP contribution in [0.25, 0.3) is 0 Å². The minimum absolute atomic E-state index is 0.0415. The van der Waals surface area contributed by atoms with Crippen molar-refractivity contribution in [3.05, 3.63) is 0 Å². The maximum Gasteiger partial charge on any atom is 0.0933 e. The van der Waals surface area contributed by atoms with Gasteiger partial charge in [0.25, 0.3) is 0 Å². The SMILES string of the molecule is CC1COC(CO)CN1CC1CCCCC1. The molecule has 1 saturated carbocycles. The van der Waals surface area contributed by atoms with Crippen molar-refractivity contribution in [2.24, 2.45) is 5.92 Å². The van der Waals surface area contributed by atoms with Crippen molar-refractivity contribution < 1.29 is 9.84 Å². The van der Waals surface area contributed by atoms with Crippen LogP contribution in [0.2, 0.25) is 0 Å². The standard InChI is InChI=1S/C13H25NO2/c1-11-10-16-13(9-15)8-14(11)7-12-5-3-2-4-6-12/h11-13,15H,2-10H2,1H3. The van der Waals surface area contributed by atoms with Gasteiger partial charge >= 0.3 is 0 Å². The molecule has 0 aromatic heterocycles. The Morgan fingerprint density at radius 1 is 1.25 bits per heavy atom. The van der Waals surface area contributed by atoms with Crippen LogP contribution in [0.5, 0.6) is 0 Å². The zero-order valence-electron chi connectivity index (χ0n) is 10.4. The Hall–Kier alpha value is -0.120. The monoisotopic (exact) mass is 227 g/mol. The highest BCUT2D eigenvalue weighted by molar-refractivity contribution is 4.80. The van der Waals surface area contributed by atoms with Gasteiger partial charge in [-0.3, -0.25) is 4.90 Å². The molecule has 0 amide bonds. The smallest absolute Gasteiger partial charge is 0.0933 e. The van der Waals surface area contributed by atoms with Crippen molar-refractivity contribution in [2.45, 2.75) is 51.2 Å². The zero-order valence-corrected chi connectivity index (χ0v) is 10.4. The second-order valence-corrected chi connectivity index (χ2v) is 5.44. The largest absolute Gasteiger partial charge is 0.394 e. The summed E-state index contributed by atoms with van der Waals surface area (Å²) in [5.74, 6) is 0.883. The van der Waals surface area contributed by atoms with E-state index in [1.807, 2.05) is 0 Å². The van der Waals surface area contributed by atoms with Crippen LogP contribution in [-0.2, 0) is 4.74 Å². The second-order valence-electron chi connectivity index (χ2n) is 5.44. The number of rotatable bonds is 3. The first-order chi connectivity index (χ1) is 7.79. The van der Waals surface area contributed by atoms with Crippen molar-refractivity contribution >= 4 is 0 Å². The molecule has 0 bridgehead atoms. The summed E-state index contributed by atoms with van der Waals surface area (Å²) in [7, 11) is 0. The number of aliphatic hydroxyl groups is 1. The Bertz CT molecular complexity index is 204. The van der Waals surface area contributed by atoms with Crippen molar-refractivity contribution in [3.63, 3.8) is 0 Å². The lowest BCUT2D eigenvalue weighted by atomic mass is 9.88. The van der Waals surface area contributed by atoms with E-state index in [0.29, 0.717) is 6.04 Å². The van der Waals surface area contributed by atoms with Gasteiger partial charge in [-0.05, 0) is 25.7 Å². The van der Waals surface area contributed by atoms with Crippen LogP contribution in [0.4, 0.5) is 0 Å². The summed E-state index contributed by atoms with van der Waals surface area (Å²) < 4.78 is 5.57. The van der Waals surface area contributed by atoms with E-state index >= 15 is 0 Å². The lowest BCUT2D eigenvalue weighted by Crippen LogP contribution is -2.51. The van der Waals surface area contributed by atoms with E-state index in [-0.39, 0.29) is 12.7 Å². The number of nitrogens with zero attached hydrogens (tertiary/aromatic N) is 1. The Labute approximate surface area is 98.8 Å². The molecule has 2 atom stereocenters. The molecule has 1 N–H and O–H groups in total. The van der Waals surface area contributed by atoms with Gasteiger partial charge in [0.2, 0.25) is 0 Å². The van der Waals surface area contributed by atoms with E-state index in [0.717, 1.165) is 19.1 Å². The van der Waals surface area contributed by atoms with Crippen molar-refractivity contribution in [1.82, 2.24) is 4.90 Å². The van der Waals surface area contributed by atoms with Crippen molar-refractivity contribution in [3.8, 4) is 0 Å². The first-order valence-electron chi connectivity index (χ1n) is 6.76. The summed E-state index contributed by atoms with van der Waals surface area (Å²) in [5.41, 5.74) is 0. The molecule has 0 spiro atoms. The number of morpholine rings is 1. The molecule has 2 rings (SSSR count). The third-order valence-corrected chi connectivity index (χ3v) is 4.06. The molecule has 2 unspecified atom stereocenters. The Kier molecular flexibility index (Phi) is 4.62. The lowest BCUT2D eigenvalue weighted by molar-refractivity contribution is -0.0825. The van der Waals surface area contributed by atoms with Crippen LogP contribution in [0.15, 0.2) is 0 Å². The molecule has 0 radical (unpaired) electrons. The first kappa shape index (κ1) is 12.3. The average Bonchev–Trinajstić information content (AvgIpc) is 2.33. The van der Waals surface area contributed by atoms with Gasteiger partial charge in [-0.1, -0.05) is 19.3 Å². The maximum atomic E-state index is 9.15. The predicted octanol–water partition coefficient (Wildman–Crippen LogP) is 1.65. The minimum Gasteiger partial charge on any atom is -0.394 e. The molecular weight excluding hydrogens is 202 g/mol. The van der Waals surface area contributed by atoms with Gasteiger partial charge in [-0.15, -0.1) is 0 Å². The summed E-state index contributed by atoms with van der Waals surface area (Å²) >= 11 is 0. The molecule has 3 heteroatoms. The van der Waals surface area contributed by atoms with Gasteiger partial charge in [0, 0.05) is 19.1 Å². The summed E-state index contributed by atoms with van der Waals surface area (Å²) in [6.07, 6.45) is 7.08. The fourth-order valence-corrected chi connectivity index (χ4v) is 2.94. The maximum absolute atomic E-state index is 9.15. The molecule has 94 valence electrons. The number of hydrogen-bond acceptors (Lipinski definition) is 3. The number of ether oxygens (including phenoxy) is 1. The molecule has 2 aliphatic rings. The molecular formula is C13H25NO2. The highest BCUT2D eigenvalue weighted by atomic mass is 16.5. The predicted molar refractivity (Wildman–Crippen MR) is 64.4 cm³/mol. The van der Waals surface area contributed by atoms with Gasteiger partial charge in [-0.2, -0.15) is 0 Å².